The van der Waals surface area contributed by atoms with Crippen molar-refractivity contribution >= 4 is 17.4 Å². The highest BCUT2D eigenvalue weighted by atomic mass is 32.1. The minimum atomic E-state index is -1.11. The van der Waals surface area contributed by atoms with E-state index in [1.165, 1.54) is 23.8 Å². The van der Waals surface area contributed by atoms with E-state index in [0.717, 1.165) is 30.1 Å². The van der Waals surface area contributed by atoms with E-state index in [1.54, 1.807) is 22.9 Å². The largest absolute Gasteiger partial charge is 0.465 e. The number of β-amino-alcohol motifs (C(OH)–C–C–N with tert-alkyl or cyclic N) is 1. The molecule has 160 valence electrons. The average Bonchev–Trinajstić information content (AvgIpc) is 3.42. The van der Waals surface area contributed by atoms with Crippen molar-refractivity contribution in [2.75, 3.05) is 13.1 Å². The Morgan fingerprint density at radius 2 is 2.07 bits per heavy atom. The van der Waals surface area contributed by atoms with Gasteiger partial charge in [0.15, 0.2) is 0 Å². The number of nitrogens with one attached hydrogen (secondary N) is 2. The van der Waals surface area contributed by atoms with Gasteiger partial charge in [0.2, 0.25) is 0 Å². The number of halogens is 1. The first-order valence-corrected chi connectivity index (χ1v) is 10.2. The van der Waals surface area contributed by atoms with E-state index in [1.807, 2.05) is 0 Å². The van der Waals surface area contributed by atoms with Crippen molar-refractivity contribution in [3.63, 3.8) is 0 Å². The minimum Gasteiger partial charge on any atom is -0.465 e. The molecule has 1 aliphatic heterocycles. The highest BCUT2D eigenvalue weighted by Crippen LogP contribution is 2.20. The van der Waals surface area contributed by atoms with Crippen LogP contribution in [0.1, 0.15) is 17.5 Å². The van der Waals surface area contributed by atoms with Gasteiger partial charge in [0.1, 0.15) is 16.3 Å². The van der Waals surface area contributed by atoms with Gasteiger partial charge < -0.3 is 20.8 Å². The second kappa shape index (κ2) is 12.6. The summed E-state index contributed by atoms with van der Waals surface area (Å²) in [5.41, 5.74) is 4.76. The highest BCUT2D eigenvalue weighted by Gasteiger charge is 2.08. The SMILES string of the molecule is Cc1ccc(-c2nncs2)cc1.O=C(O)NCc1cccc(F)c1.OC1CCNC1. The van der Waals surface area contributed by atoms with E-state index in [4.69, 9.17) is 10.2 Å². The molecule has 1 atom stereocenters. The molecule has 0 bridgehead atoms. The Kier molecular flexibility index (Phi) is 9.85. The molecule has 9 heteroatoms. The predicted octanol–water partition coefficient (Wildman–Crippen LogP) is 3.45. The van der Waals surface area contributed by atoms with Crippen LogP contribution in [0.2, 0.25) is 0 Å². The monoisotopic (exact) mass is 432 g/mol. The van der Waals surface area contributed by atoms with Crippen LogP contribution in [0.4, 0.5) is 9.18 Å². The number of carbonyl (C=O) groups is 1. The normalized spacial score (nSPS) is 14.7. The zero-order chi connectivity index (χ0) is 21.8. The summed E-state index contributed by atoms with van der Waals surface area (Å²) < 4.78 is 12.5. The molecule has 2 heterocycles. The van der Waals surface area contributed by atoms with Gasteiger partial charge in [-0.1, -0.05) is 53.3 Å². The second-order valence-electron chi connectivity index (χ2n) is 6.55. The predicted molar refractivity (Wildman–Crippen MR) is 115 cm³/mol. The molecule has 0 spiro atoms. The zero-order valence-electron chi connectivity index (χ0n) is 16.6. The molecule has 30 heavy (non-hydrogen) atoms. The van der Waals surface area contributed by atoms with Crippen molar-refractivity contribution in [1.82, 2.24) is 20.8 Å². The van der Waals surface area contributed by atoms with Gasteiger partial charge in [-0.05, 0) is 37.6 Å². The second-order valence-corrected chi connectivity index (χ2v) is 7.38. The molecule has 1 aliphatic rings. The number of carboxylic acid groups (broad SMARTS) is 1. The molecule has 2 aromatic carbocycles. The first kappa shape index (κ1) is 23.4. The molecular weight excluding hydrogens is 407 g/mol. The topological polar surface area (TPSA) is 107 Å². The third kappa shape index (κ3) is 9.08. The van der Waals surface area contributed by atoms with Gasteiger partial charge in [0.05, 0.1) is 6.10 Å². The Labute approximate surface area is 178 Å². The molecule has 1 fully saturated rings. The summed E-state index contributed by atoms with van der Waals surface area (Å²) in [4.78, 5) is 10.1. The van der Waals surface area contributed by atoms with Gasteiger partial charge in [0, 0.05) is 18.7 Å². The van der Waals surface area contributed by atoms with E-state index in [2.05, 4.69) is 52.0 Å². The number of aliphatic hydroxyl groups excluding tert-OH is 1. The number of amides is 1. The molecule has 4 rings (SSSR count). The fraction of sp³-hybridized carbons (Fsp3) is 0.286. The number of aryl methyl sites for hydroxylation is 1. The first-order chi connectivity index (χ1) is 14.4. The van der Waals surface area contributed by atoms with Crippen LogP contribution in [-0.4, -0.2) is 45.7 Å². The molecule has 0 radical (unpaired) electrons. The van der Waals surface area contributed by atoms with Crippen molar-refractivity contribution in [3.05, 3.63) is 71.0 Å². The lowest BCUT2D eigenvalue weighted by Crippen LogP contribution is -2.19. The van der Waals surface area contributed by atoms with E-state index >= 15 is 0 Å². The number of rotatable bonds is 3. The third-order valence-electron chi connectivity index (χ3n) is 4.03. The summed E-state index contributed by atoms with van der Waals surface area (Å²) in [7, 11) is 0. The fourth-order valence-electron chi connectivity index (χ4n) is 2.46. The maximum absolute atomic E-state index is 12.5. The van der Waals surface area contributed by atoms with Crippen molar-refractivity contribution in [2.24, 2.45) is 0 Å². The van der Waals surface area contributed by atoms with Gasteiger partial charge in [-0.15, -0.1) is 10.2 Å². The Hall–Kier alpha value is -2.88. The van der Waals surface area contributed by atoms with Gasteiger partial charge in [-0.2, -0.15) is 0 Å². The number of benzene rings is 2. The fourth-order valence-corrected chi connectivity index (χ4v) is 3.02. The van der Waals surface area contributed by atoms with Crippen molar-refractivity contribution in [2.45, 2.75) is 26.0 Å². The van der Waals surface area contributed by atoms with Gasteiger partial charge >= 0.3 is 6.09 Å². The van der Waals surface area contributed by atoms with E-state index in [9.17, 15) is 9.18 Å². The van der Waals surface area contributed by atoms with Gasteiger partial charge in [-0.3, -0.25) is 0 Å². The average molecular weight is 433 g/mol. The van der Waals surface area contributed by atoms with Crippen LogP contribution in [0, 0.1) is 12.7 Å². The Morgan fingerprint density at radius 3 is 2.57 bits per heavy atom. The lowest BCUT2D eigenvalue weighted by Gasteiger charge is -2.00. The Balaban J connectivity index is 0.000000169. The molecule has 1 aromatic heterocycles. The smallest absolute Gasteiger partial charge is 0.404 e. The number of nitrogens with zero attached hydrogens (tertiary/aromatic N) is 2. The number of aromatic nitrogens is 2. The van der Waals surface area contributed by atoms with Gasteiger partial charge in [0.25, 0.3) is 0 Å². The summed E-state index contributed by atoms with van der Waals surface area (Å²) in [6.45, 7) is 3.98. The molecule has 0 aliphatic carbocycles. The summed E-state index contributed by atoms with van der Waals surface area (Å²) in [6.07, 6.45) is -0.246. The molecule has 7 nitrogen and oxygen atoms in total. The molecule has 0 saturated carbocycles. The number of hydrogen-bond acceptors (Lipinski definition) is 6. The molecule has 1 saturated heterocycles. The van der Waals surface area contributed by atoms with Crippen LogP contribution in [-0.2, 0) is 6.54 Å². The van der Waals surface area contributed by atoms with Crippen LogP contribution >= 0.6 is 11.3 Å². The van der Waals surface area contributed by atoms with Gasteiger partial charge in [-0.25, -0.2) is 9.18 Å². The quantitative estimate of drug-likeness (QED) is 0.505. The molecule has 1 unspecified atom stereocenters. The number of aliphatic hydroxyl groups is 1. The zero-order valence-corrected chi connectivity index (χ0v) is 17.4. The van der Waals surface area contributed by atoms with Crippen molar-refractivity contribution < 1.29 is 19.4 Å². The maximum atomic E-state index is 12.5. The van der Waals surface area contributed by atoms with Crippen LogP contribution in [0.15, 0.2) is 54.0 Å². The first-order valence-electron chi connectivity index (χ1n) is 9.37. The Morgan fingerprint density at radius 1 is 1.30 bits per heavy atom. The number of hydrogen-bond donors (Lipinski definition) is 4. The van der Waals surface area contributed by atoms with Crippen LogP contribution in [0.25, 0.3) is 10.6 Å². The summed E-state index contributed by atoms with van der Waals surface area (Å²) in [6, 6.07) is 14.1. The molecule has 1 amide bonds. The highest BCUT2D eigenvalue weighted by molar-refractivity contribution is 7.12. The molecular formula is C21H25FN4O3S. The molecule has 4 N–H and O–H groups in total. The minimum absolute atomic E-state index is 0.0648. The van der Waals surface area contributed by atoms with E-state index < -0.39 is 6.09 Å². The van der Waals surface area contributed by atoms with Crippen LogP contribution < -0.4 is 10.6 Å². The van der Waals surface area contributed by atoms with E-state index in [0.29, 0.717) is 5.56 Å². The summed E-state index contributed by atoms with van der Waals surface area (Å²) in [5.74, 6) is -0.361. The van der Waals surface area contributed by atoms with Crippen LogP contribution in [0.3, 0.4) is 0 Å². The third-order valence-corrected chi connectivity index (χ3v) is 4.77. The van der Waals surface area contributed by atoms with E-state index in [-0.39, 0.29) is 18.5 Å². The van der Waals surface area contributed by atoms with Crippen LogP contribution in [0.5, 0.6) is 0 Å². The molecule has 3 aromatic rings. The van der Waals surface area contributed by atoms with Crippen molar-refractivity contribution in [3.8, 4) is 10.6 Å². The lowest BCUT2D eigenvalue weighted by atomic mass is 10.2. The Bertz CT molecular complexity index is 886. The summed E-state index contributed by atoms with van der Waals surface area (Å²) in [5, 5.41) is 30.8. The standard InChI is InChI=1S/C9H8N2S.C8H8FNO2.C4H9NO/c1-7-2-4-8(5-3-7)9-11-10-6-12-9;9-7-3-1-2-6(4-7)5-10-8(11)12;6-4-1-2-5-3-4/h2-6H,1H3;1-4,10H,5H2,(H,11,12);4-6H,1-3H2. The van der Waals surface area contributed by atoms with Crippen molar-refractivity contribution in [1.29, 1.82) is 0 Å². The lowest BCUT2D eigenvalue weighted by molar-refractivity contribution is 0.193. The maximum Gasteiger partial charge on any atom is 0.404 e. The summed E-state index contributed by atoms with van der Waals surface area (Å²) >= 11 is 1.56.